The highest BCUT2D eigenvalue weighted by atomic mass is 79.9. The molecule has 1 aromatic carbocycles. The normalized spacial score (nSPS) is 10.6. The largest absolute Gasteiger partial charge is 0.342 e. The van der Waals surface area contributed by atoms with Crippen LogP contribution in [-0.4, -0.2) is 10.1 Å². The molecule has 0 saturated carbocycles. The number of alkyl halides is 1. The molecule has 0 unspecified atom stereocenters. The minimum absolute atomic E-state index is 0.00838. The van der Waals surface area contributed by atoms with Crippen molar-refractivity contribution in [3.8, 4) is 11.4 Å². The average molecular weight is 275 g/mol. The van der Waals surface area contributed by atoms with Crippen LogP contribution >= 0.6 is 15.9 Å². The second kappa shape index (κ2) is 4.06. The summed E-state index contributed by atoms with van der Waals surface area (Å²) in [4.78, 5) is 3.65. The highest BCUT2D eigenvalue weighted by molar-refractivity contribution is 9.08. The molecule has 0 atom stereocenters. The molecule has 6 heteroatoms. The Hall–Kier alpha value is -1.30. The molecule has 78 valence electrons. The van der Waals surface area contributed by atoms with Crippen LogP contribution in [0.15, 0.2) is 23.0 Å². The highest BCUT2D eigenvalue weighted by Crippen LogP contribution is 2.23. The highest BCUT2D eigenvalue weighted by Gasteiger charge is 2.13. The Morgan fingerprint density at radius 3 is 2.67 bits per heavy atom. The van der Waals surface area contributed by atoms with Crippen LogP contribution < -0.4 is 0 Å². The Bertz CT molecular complexity index is 473. The molecular formula is C9H5BrF2N2O. The van der Waals surface area contributed by atoms with Gasteiger partial charge in [0.2, 0.25) is 12.2 Å². The molecule has 0 radical (unpaired) electrons. The topological polar surface area (TPSA) is 38.9 Å². The van der Waals surface area contributed by atoms with Crippen molar-refractivity contribution < 1.29 is 13.3 Å². The predicted octanol–water partition coefficient (Wildman–Crippen LogP) is 2.91. The van der Waals surface area contributed by atoms with Crippen LogP contribution in [0.1, 0.15) is 5.56 Å². The van der Waals surface area contributed by atoms with Crippen molar-refractivity contribution in [3.05, 3.63) is 35.7 Å². The first kappa shape index (κ1) is 10.2. The van der Waals surface area contributed by atoms with Crippen LogP contribution in [0.3, 0.4) is 0 Å². The predicted molar refractivity (Wildman–Crippen MR) is 52.3 cm³/mol. The molecule has 1 heterocycles. The van der Waals surface area contributed by atoms with E-state index >= 15 is 0 Å². The second-order valence-electron chi connectivity index (χ2n) is 2.81. The number of halogens is 3. The van der Waals surface area contributed by atoms with E-state index in [9.17, 15) is 8.78 Å². The van der Waals surface area contributed by atoms with E-state index in [1.54, 1.807) is 0 Å². The lowest BCUT2D eigenvalue weighted by Gasteiger charge is -2.02. The third-order valence-corrected chi connectivity index (χ3v) is 2.49. The number of rotatable bonds is 2. The molecule has 0 fully saturated rings. The zero-order chi connectivity index (χ0) is 10.8. The molecule has 0 bridgehead atoms. The fourth-order valence-electron chi connectivity index (χ4n) is 1.15. The van der Waals surface area contributed by atoms with Gasteiger partial charge in [0.05, 0.1) is 5.56 Å². The molecule has 0 aliphatic heterocycles. The third-order valence-electron chi connectivity index (χ3n) is 1.88. The van der Waals surface area contributed by atoms with Gasteiger partial charge in [-0.1, -0.05) is 21.1 Å². The molecular weight excluding hydrogens is 270 g/mol. The second-order valence-corrected chi connectivity index (χ2v) is 3.37. The van der Waals surface area contributed by atoms with Crippen molar-refractivity contribution in [1.82, 2.24) is 10.1 Å². The Balaban J connectivity index is 2.55. The molecule has 0 saturated heterocycles. The summed E-state index contributed by atoms with van der Waals surface area (Å²) in [6, 6.07) is 2.16. The zero-order valence-electron chi connectivity index (χ0n) is 7.38. The molecule has 1 aromatic heterocycles. The quantitative estimate of drug-likeness (QED) is 0.791. The summed E-state index contributed by atoms with van der Waals surface area (Å²) in [5.74, 6) is -1.05. The fourth-order valence-corrected chi connectivity index (χ4v) is 1.58. The molecule has 0 N–H and O–H groups in total. The first-order valence-electron chi connectivity index (χ1n) is 4.03. The van der Waals surface area contributed by atoms with E-state index < -0.39 is 11.6 Å². The van der Waals surface area contributed by atoms with Crippen LogP contribution in [0.2, 0.25) is 0 Å². The van der Waals surface area contributed by atoms with Gasteiger partial charge in [-0.05, 0) is 12.1 Å². The van der Waals surface area contributed by atoms with Crippen LogP contribution in [0.25, 0.3) is 11.4 Å². The Morgan fingerprint density at radius 1 is 1.27 bits per heavy atom. The number of hydrogen-bond acceptors (Lipinski definition) is 3. The number of hydrogen-bond donors (Lipinski definition) is 0. The van der Waals surface area contributed by atoms with Gasteiger partial charge >= 0.3 is 0 Å². The fraction of sp³-hybridized carbons (Fsp3) is 0.111. The number of aromatic nitrogens is 2. The lowest BCUT2D eigenvalue weighted by atomic mass is 10.1. The van der Waals surface area contributed by atoms with E-state index in [0.717, 1.165) is 18.5 Å². The Morgan fingerprint density at radius 2 is 2.07 bits per heavy atom. The van der Waals surface area contributed by atoms with Crippen LogP contribution in [0.5, 0.6) is 0 Å². The van der Waals surface area contributed by atoms with E-state index in [0.29, 0.717) is 0 Å². The summed E-state index contributed by atoms with van der Waals surface area (Å²) in [5.41, 5.74) is 0.241. The van der Waals surface area contributed by atoms with Gasteiger partial charge in [0.25, 0.3) is 0 Å². The maximum Gasteiger partial charge on any atom is 0.214 e. The van der Waals surface area contributed by atoms with E-state index in [2.05, 4.69) is 30.6 Å². The molecule has 3 nitrogen and oxygen atoms in total. The van der Waals surface area contributed by atoms with Gasteiger partial charge in [0.15, 0.2) is 0 Å². The van der Waals surface area contributed by atoms with Gasteiger partial charge in [0, 0.05) is 10.9 Å². The van der Waals surface area contributed by atoms with E-state index in [1.807, 2.05) is 0 Å². The van der Waals surface area contributed by atoms with Crippen molar-refractivity contribution in [2.24, 2.45) is 0 Å². The summed E-state index contributed by atoms with van der Waals surface area (Å²) in [5, 5.41) is 3.69. The summed E-state index contributed by atoms with van der Waals surface area (Å²) in [7, 11) is 0. The van der Waals surface area contributed by atoms with Crippen LogP contribution in [-0.2, 0) is 5.33 Å². The van der Waals surface area contributed by atoms with Gasteiger partial charge in [0.1, 0.15) is 11.6 Å². The molecule has 2 aromatic rings. The molecule has 15 heavy (non-hydrogen) atoms. The molecule has 0 spiro atoms. The van der Waals surface area contributed by atoms with E-state index in [-0.39, 0.29) is 22.3 Å². The average Bonchev–Trinajstić information content (AvgIpc) is 2.74. The molecule has 0 aliphatic carbocycles. The van der Waals surface area contributed by atoms with Gasteiger partial charge in [-0.3, -0.25) is 0 Å². The van der Waals surface area contributed by atoms with Crippen LogP contribution in [0, 0.1) is 11.6 Å². The van der Waals surface area contributed by atoms with E-state index in [1.165, 1.54) is 0 Å². The smallest absolute Gasteiger partial charge is 0.214 e. The number of nitrogens with zero attached hydrogens (tertiary/aromatic N) is 2. The van der Waals surface area contributed by atoms with Gasteiger partial charge < -0.3 is 4.52 Å². The van der Waals surface area contributed by atoms with Crippen molar-refractivity contribution in [1.29, 1.82) is 0 Å². The monoisotopic (exact) mass is 274 g/mol. The van der Waals surface area contributed by atoms with Crippen molar-refractivity contribution in [2.75, 3.05) is 0 Å². The zero-order valence-corrected chi connectivity index (χ0v) is 8.96. The van der Waals surface area contributed by atoms with Crippen molar-refractivity contribution in [3.63, 3.8) is 0 Å². The maximum absolute atomic E-state index is 13.5. The Labute approximate surface area is 92.2 Å². The van der Waals surface area contributed by atoms with Crippen LogP contribution in [0.4, 0.5) is 8.78 Å². The van der Waals surface area contributed by atoms with Crippen molar-refractivity contribution in [2.45, 2.75) is 5.33 Å². The van der Waals surface area contributed by atoms with Gasteiger partial charge in [-0.25, -0.2) is 8.78 Å². The standard InChI is InChI=1S/C9H5BrF2N2O/c10-3-5-1-8(12)6(2-7(5)11)9-13-4-15-14-9/h1-2,4H,3H2. The first-order chi connectivity index (χ1) is 7.22. The Kier molecular flexibility index (Phi) is 2.77. The molecule has 0 amide bonds. The third kappa shape index (κ3) is 1.90. The van der Waals surface area contributed by atoms with Gasteiger partial charge in [-0.15, -0.1) is 0 Å². The summed E-state index contributed by atoms with van der Waals surface area (Å²) in [6.45, 7) is 0. The molecule has 0 aliphatic rings. The lowest BCUT2D eigenvalue weighted by molar-refractivity contribution is 0.418. The maximum atomic E-state index is 13.5. The van der Waals surface area contributed by atoms with Gasteiger partial charge in [-0.2, -0.15) is 4.98 Å². The minimum Gasteiger partial charge on any atom is -0.342 e. The van der Waals surface area contributed by atoms with E-state index in [4.69, 9.17) is 0 Å². The summed E-state index contributed by atoms with van der Waals surface area (Å²) in [6.07, 6.45) is 1.06. The minimum atomic E-state index is -0.577. The lowest BCUT2D eigenvalue weighted by Crippen LogP contribution is -1.93. The SMILES string of the molecule is Fc1cc(-c2ncon2)c(F)cc1CBr. The summed E-state index contributed by atoms with van der Waals surface area (Å²) < 4.78 is 31.3. The van der Waals surface area contributed by atoms with Crippen molar-refractivity contribution >= 4 is 15.9 Å². The molecule has 2 rings (SSSR count). The first-order valence-corrected chi connectivity index (χ1v) is 5.15. The number of benzene rings is 1. The summed E-state index contributed by atoms with van der Waals surface area (Å²) >= 11 is 3.06.